The van der Waals surface area contributed by atoms with Gasteiger partial charge in [-0.3, -0.25) is 4.79 Å². The molecule has 2 unspecified atom stereocenters. The molecule has 0 saturated carbocycles. The smallest absolute Gasteiger partial charge is 0.155 e. The monoisotopic (exact) mass is 261 g/mol. The summed E-state index contributed by atoms with van der Waals surface area (Å²) in [6.45, 7) is 11.9. The van der Waals surface area contributed by atoms with Gasteiger partial charge in [0.2, 0.25) is 0 Å². The number of nitrogens with one attached hydrogen (secondary N) is 1. The SMILES string of the molecule is C[S+]([O-])CCC(NC(C)(C)C)C(=O)C(C)(C)C. The zero-order chi connectivity index (χ0) is 13.9. The van der Waals surface area contributed by atoms with Gasteiger partial charge in [0.05, 0.1) is 12.3 Å². The van der Waals surface area contributed by atoms with E-state index in [0.29, 0.717) is 12.2 Å². The van der Waals surface area contributed by atoms with Gasteiger partial charge in [-0.2, -0.15) is 0 Å². The quantitative estimate of drug-likeness (QED) is 0.771. The number of carbonyl (C=O) groups is 1. The fourth-order valence-electron chi connectivity index (χ4n) is 1.60. The molecule has 4 heteroatoms. The average molecular weight is 261 g/mol. The van der Waals surface area contributed by atoms with E-state index in [4.69, 9.17) is 0 Å². The van der Waals surface area contributed by atoms with E-state index in [1.54, 1.807) is 6.26 Å². The van der Waals surface area contributed by atoms with Gasteiger partial charge >= 0.3 is 0 Å². The summed E-state index contributed by atoms with van der Waals surface area (Å²) in [4.78, 5) is 12.3. The molecule has 0 heterocycles. The van der Waals surface area contributed by atoms with Gasteiger partial charge in [-0.05, 0) is 20.8 Å². The molecular weight excluding hydrogens is 234 g/mol. The van der Waals surface area contributed by atoms with Crippen LogP contribution < -0.4 is 5.32 Å². The van der Waals surface area contributed by atoms with Crippen molar-refractivity contribution >= 4 is 17.0 Å². The Labute approximate surface area is 109 Å². The maximum atomic E-state index is 12.3. The lowest BCUT2D eigenvalue weighted by Gasteiger charge is -2.31. The van der Waals surface area contributed by atoms with E-state index in [1.165, 1.54) is 0 Å². The molecule has 0 aromatic heterocycles. The van der Waals surface area contributed by atoms with Crippen LogP contribution >= 0.6 is 0 Å². The number of carbonyl (C=O) groups excluding carboxylic acids is 1. The van der Waals surface area contributed by atoms with E-state index >= 15 is 0 Å². The number of hydrogen-bond acceptors (Lipinski definition) is 3. The summed E-state index contributed by atoms with van der Waals surface area (Å²) in [6.07, 6.45) is 2.31. The molecule has 0 aromatic rings. The van der Waals surface area contributed by atoms with Crippen LogP contribution in [-0.4, -0.2) is 33.9 Å². The zero-order valence-corrected chi connectivity index (χ0v) is 13.0. The van der Waals surface area contributed by atoms with E-state index in [2.05, 4.69) is 5.32 Å². The lowest BCUT2D eigenvalue weighted by molar-refractivity contribution is -0.129. The minimum Gasteiger partial charge on any atom is -0.617 e. The van der Waals surface area contributed by atoms with Crippen LogP contribution in [0.4, 0.5) is 0 Å². The molecule has 17 heavy (non-hydrogen) atoms. The molecule has 0 amide bonds. The van der Waals surface area contributed by atoms with Gasteiger partial charge in [0.25, 0.3) is 0 Å². The van der Waals surface area contributed by atoms with Crippen molar-refractivity contribution in [2.75, 3.05) is 12.0 Å². The largest absolute Gasteiger partial charge is 0.617 e. The molecule has 3 nitrogen and oxygen atoms in total. The van der Waals surface area contributed by atoms with Crippen LogP contribution in [0.15, 0.2) is 0 Å². The summed E-state index contributed by atoms with van der Waals surface area (Å²) in [5, 5.41) is 3.33. The van der Waals surface area contributed by atoms with Gasteiger partial charge in [0.1, 0.15) is 5.75 Å². The van der Waals surface area contributed by atoms with Gasteiger partial charge in [0.15, 0.2) is 5.78 Å². The maximum Gasteiger partial charge on any atom is 0.155 e. The average Bonchev–Trinajstić information content (AvgIpc) is 2.07. The molecule has 2 atom stereocenters. The van der Waals surface area contributed by atoms with Gasteiger partial charge < -0.3 is 9.87 Å². The van der Waals surface area contributed by atoms with Crippen LogP contribution in [0.25, 0.3) is 0 Å². The Morgan fingerprint density at radius 3 is 2.00 bits per heavy atom. The summed E-state index contributed by atoms with van der Waals surface area (Å²) in [5.74, 6) is 0.758. The highest BCUT2D eigenvalue weighted by Gasteiger charge is 2.32. The highest BCUT2D eigenvalue weighted by Crippen LogP contribution is 2.20. The molecule has 0 bridgehead atoms. The highest BCUT2D eigenvalue weighted by atomic mass is 32.2. The van der Waals surface area contributed by atoms with Crippen LogP contribution in [-0.2, 0) is 16.0 Å². The predicted octanol–water partition coefficient (Wildman–Crippen LogP) is 2.13. The van der Waals surface area contributed by atoms with Crippen molar-refractivity contribution < 1.29 is 9.35 Å². The molecule has 0 spiro atoms. The Kier molecular flexibility index (Phi) is 6.19. The van der Waals surface area contributed by atoms with Crippen molar-refractivity contribution in [2.45, 2.75) is 59.5 Å². The first-order chi connectivity index (χ1) is 7.43. The number of rotatable bonds is 5. The third-order valence-corrected chi connectivity index (χ3v) is 3.17. The van der Waals surface area contributed by atoms with E-state index in [0.717, 1.165) is 0 Å². The van der Waals surface area contributed by atoms with Gasteiger partial charge in [-0.25, -0.2) is 0 Å². The second-order valence-electron chi connectivity index (χ2n) is 6.63. The topological polar surface area (TPSA) is 52.2 Å². The first kappa shape index (κ1) is 16.9. The van der Waals surface area contributed by atoms with E-state index in [1.807, 2.05) is 41.5 Å². The van der Waals surface area contributed by atoms with Crippen LogP contribution in [0.1, 0.15) is 48.0 Å². The highest BCUT2D eigenvalue weighted by molar-refractivity contribution is 7.90. The van der Waals surface area contributed by atoms with Gasteiger partial charge in [0, 0.05) is 17.4 Å². The van der Waals surface area contributed by atoms with E-state index in [9.17, 15) is 9.35 Å². The van der Waals surface area contributed by atoms with Crippen LogP contribution in [0.5, 0.6) is 0 Å². The molecule has 0 saturated heterocycles. The third kappa shape index (κ3) is 7.79. The summed E-state index contributed by atoms with van der Waals surface area (Å²) in [6, 6.07) is -0.209. The van der Waals surface area contributed by atoms with E-state index < -0.39 is 11.2 Å². The lowest BCUT2D eigenvalue weighted by Crippen LogP contribution is -2.51. The molecule has 0 aliphatic carbocycles. The summed E-state index contributed by atoms with van der Waals surface area (Å²) in [7, 11) is 0. The van der Waals surface area contributed by atoms with Gasteiger partial charge in [-0.15, -0.1) is 0 Å². The van der Waals surface area contributed by atoms with Crippen LogP contribution in [0.2, 0.25) is 0 Å². The lowest BCUT2D eigenvalue weighted by atomic mass is 9.84. The first-order valence-electron chi connectivity index (χ1n) is 6.05. The Bertz CT molecular complexity index is 251. The van der Waals surface area contributed by atoms with Crippen LogP contribution in [0, 0.1) is 5.41 Å². The predicted molar refractivity (Wildman–Crippen MR) is 74.7 cm³/mol. The minimum atomic E-state index is -0.850. The van der Waals surface area contributed by atoms with Crippen molar-refractivity contribution in [3.05, 3.63) is 0 Å². The maximum absolute atomic E-state index is 12.3. The normalized spacial score (nSPS) is 16.7. The first-order valence-corrected chi connectivity index (χ1v) is 7.78. The fraction of sp³-hybridized carbons (Fsp3) is 0.923. The molecule has 0 rings (SSSR count). The molecule has 0 aliphatic heterocycles. The molecule has 1 N–H and O–H groups in total. The fourth-order valence-corrected chi connectivity index (χ4v) is 2.17. The Morgan fingerprint density at radius 1 is 1.24 bits per heavy atom. The molecule has 0 radical (unpaired) electrons. The minimum absolute atomic E-state index is 0.110. The molecular formula is C13H27NO2S. The summed E-state index contributed by atoms with van der Waals surface area (Å²) < 4.78 is 11.2. The molecule has 0 fully saturated rings. The Balaban J connectivity index is 4.68. The van der Waals surface area contributed by atoms with Crippen molar-refractivity contribution in [2.24, 2.45) is 5.41 Å². The van der Waals surface area contributed by atoms with Crippen molar-refractivity contribution in [1.29, 1.82) is 0 Å². The zero-order valence-electron chi connectivity index (χ0n) is 12.2. The molecule has 0 aliphatic rings. The second-order valence-corrected chi connectivity index (χ2v) is 8.18. The van der Waals surface area contributed by atoms with Crippen LogP contribution in [0.3, 0.4) is 0 Å². The summed E-state index contributed by atoms with van der Waals surface area (Å²) >= 11 is -0.850. The van der Waals surface area contributed by atoms with Crippen molar-refractivity contribution in [1.82, 2.24) is 5.32 Å². The standard InChI is InChI=1S/C13H27NO2S/c1-12(2,3)11(15)10(8-9-17(7)16)14-13(4,5)6/h10,14H,8-9H2,1-7H3. The Hall–Kier alpha value is -0.0600. The summed E-state index contributed by atoms with van der Waals surface area (Å²) in [5.41, 5.74) is -0.473. The van der Waals surface area contributed by atoms with Crippen molar-refractivity contribution in [3.8, 4) is 0 Å². The Morgan fingerprint density at radius 2 is 1.71 bits per heavy atom. The van der Waals surface area contributed by atoms with Gasteiger partial charge in [-0.1, -0.05) is 31.9 Å². The molecule has 0 aromatic carbocycles. The van der Waals surface area contributed by atoms with E-state index in [-0.39, 0.29) is 22.8 Å². The number of Topliss-reactive ketones (excluding diaryl/α,β-unsaturated/α-hetero) is 1. The third-order valence-electron chi connectivity index (χ3n) is 2.36. The number of hydrogen-bond donors (Lipinski definition) is 1. The van der Waals surface area contributed by atoms with Crippen molar-refractivity contribution in [3.63, 3.8) is 0 Å². The second kappa shape index (κ2) is 6.21. The molecule has 102 valence electrons. The number of ketones is 1.